The van der Waals surface area contributed by atoms with Crippen molar-refractivity contribution in [1.82, 2.24) is 0 Å². The zero-order chi connectivity index (χ0) is 15.0. The highest BCUT2D eigenvalue weighted by atomic mass is 35.5. The largest absolute Gasteiger partial charge is 0.378 e. The molecule has 1 saturated heterocycles. The number of hydrogen-bond acceptors (Lipinski definition) is 2. The van der Waals surface area contributed by atoms with Gasteiger partial charge in [-0.15, -0.1) is 0 Å². The zero-order valence-corrected chi connectivity index (χ0v) is 12.0. The Hall–Kier alpha value is -2.10. The van der Waals surface area contributed by atoms with Crippen molar-refractivity contribution in [1.29, 1.82) is 0 Å². The third kappa shape index (κ3) is 2.24. The number of nitrogens with zero attached hydrogens (tertiary/aromatic N) is 1. The molecule has 0 bridgehead atoms. The summed E-state index contributed by atoms with van der Waals surface area (Å²) in [6.45, 7) is 3.94. The second-order valence-corrected chi connectivity index (χ2v) is 5.51. The van der Waals surface area contributed by atoms with E-state index in [4.69, 9.17) is 11.6 Å². The van der Waals surface area contributed by atoms with Crippen LogP contribution in [0.15, 0.2) is 66.7 Å². The lowest BCUT2D eigenvalue weighted by molar-refractivity contribution is -0.114. The van der Waals surface area contributed by atoms with Crippen molar-refractivity contribution < 1.29 is 9.90 Å². The molecule has 1 heterocycles. The molecule has 1 aliphatic rings. The molecule has 0 aliphatic carbocycles. The van der Waals surface area contributed by atoms with Gasteiger partial charge in [-0.05, 0) is 29.8 Å². The molecule has 0 aromatic heterocycles. The fraction of sp³-hybridized carbons (Fsp3) is 0.118. The number of benzene rings is 2. The Labute approximate surface area is 128 Å². The number of halogens is 1. The van der Waals surface area contributed by atoms with Gasteiger partial charge in [0.05, 0.1) is 6.54 Å². The molecule has 1 N–H and O–H groups in total. The summed E-state index contributed by atoms with van der Waals surface area (Å²) in [5.74, 6) is -0.265. The molecule has 21 heavy (non-hydrogen) atoms. The highest BCUT2D eigenvalue weighted by molar-refractivity contribution is 6.30. The first-order chi connectivity index (χ1) is 10.0. The Kier molecular flexibility index (Phi) is 3.32. The van der Waals surface area contributed by atoms with Crippen LogP contribution in [0.25, 0.3) is 0 Å². The first-order valence-electron chi connectivity index (χ1n) is 6.57. The summed E-state index contributed by atoms with van der Waals surface area (Å²) in [5.41, 5.74) is 0.142. The predicted molar refractivity (Wildman–Crippen MR) is 83.3 cm³/mol. The Balaban J connectivity index is 2.00. The van der Waals surface area contributed by atoms with Gasteiger partial charge in [0.25, 0.3) is 5.91 Å². The minimum atomic E-state index is -1.39. The number of aliphatic hydroxyl groups is 1. The van der Waals surface area contributed by atoms with Gasteiger partial charge in [-0.2, -0.15) is 0 Å². The Morgan fingerprint density at radius 2 is 1.71 bits per heavy atom. The zero-order valence-electron chi connectivity index (χ0n) is 11.3. The summed E-state index contributed by atoms with van der Waals surface area (Å²) in [6, 6.07) is 16.1. The molecule has 2 aromatic carbocycles. The number of carbonyl (C=O) groups is 1. The molecular weight excluding hydrogens is 286 g/mol. The van der Waals surface area contributed by atoms with E-state index in [0.29, 0.717) is 10.6 Å². The lowest BCUT2D eigenvalue weighted by atomic mass is 9.89. The van der Waals surface area contributed by atoms with Gasteiger partial charge < -0.3 is 10.0 Å². The van der Waals surface area contributed by atoms with Gasteiger partial charge in [-0.3, -0.25) is 4.79 Å². The smallest absolute Gasteiger partial charge is 0.257 e. The highest BCUT2D eigenvalue weighted by Crippen LogP contribution is 2.38. The maximum Gasteiger partial charge on any atom is 0.257 e. The van der Waals surface area contributed by atoms with Gasteiger partial charge >= 0.3 is 0 Å². The van der Waals surface area contributed by atoms with Crippen LogP contribution < -0.4 is 4.90 Å². The molecule has 1 unspecified atom stereocenters. The molecule has 0 spiro atoms. The Morgan fingerprint density at radius 3 is 2.33 bits per heavy atom. The number of anilines is 1. The molecular formula is C17H14ClNO2. The molecule has 0 saturated carbocycles. The Bertz CT molecular complexity index is 696. The summed E-state index contributed by atoms with van der Waals surface area (Å²) < 4.78 is 0. The monoisotopic (exact) mass is 299 g/mol. The van der Waals surface area contributed by atoms with Gasteiger partial charge in [0.1, 0.15) is 5.60 Å². The second-order valence-electron chi connectivity index (χ2n) is 5.07. The normalized spacial score (nSPS) is 21.9. The summed E-state index contributed by atoms with van der Waals surface area (Å²) in [5, 5.41) is 11.5. The number of para-hydroxylation sites is 1. The van der Waals surface area contributed by atoms with Crippen LogP contribution in [-0.2, 0) is 10.4 Å². The maximum absolute atomic E-state index is 12.4. The van der Waals surface area contributed by atoms with Crippen LogP contribution in [0.1, 0.15) is 5.56 Å². The molecule has 3 nitrogen and oxygen atoms in total. The van der Waals surface area contributed by atoms with Gasteiger partial charge in [-0.1, -0.05) is 48.5 Å². The van der Waals surface area contributed by atoms with Crippen molar-refractivity contribution in [3.05, 3.63) is 77.3 Å². The van der Waals surface area contributed by atoms with Crippen LogP contribution in [0.4, 0.5) is 5.69 Å². The SMILES string of the molecule is C=C1C(=O)N(c2ccccc2)CC1(O)c1ccc(Cl)cc1. The van der Waals surface area contributed by atoms with Crippen LogP contribution in [0.2, 0.25) is 5.02 Å². The molecule has 1 atom stereocenters. The molecule has 2 aromatic rings. The van der Waals surface area contributed by atoms with Gasteiger partial charge in [0.2, 0.25) is 0 Å². The van der Waals surface area contributed by atoms with E-state index in [1.807, 2.05) is 30.3 Å². The summed E-state index contributed by atoms with van der Waals surface area (Å²) >= 11 is 5.87. The van der Waals surface area contributed by atoms with Crippen LogP contribution in [0.3, 0.4) is 0 Å². The topological polar surface area (TPSA) is 40.5 Å². The second kappa shape index (κ2) is 5.02. The van der Waals surface area contributed by atoms with Crippen molar-refractivity contribution in [2.24, 2.45) is 0 Å². The molecule has 3 rings (SSSR count). The molecule has 4 heteroatoms. The van der Waals surface area contributed by atoms with Crippen molar-refractivity contribution in [2.45, 2.75) is 5.60 Å². The lowest BCUT2D eigenvalue weighted by Crippen LogP contribution is -2.31. The minimum Gasteiger partial charge on any atom is -0.378 e. The van der Waals surface area contributed by atoms with Crippen molar-refractivity contribution >= 4 is 23.2 Å². The van der Waals surface area contributed by atoms with E-state index < -0.39 is 5.60 Å². The fourth-order valence-electron chi connectivity index (χ4n) is 2.54. The van der Waals surface area contributed by atoms with Crippen LogP contribution in [-0.4, -0.2) is 17.6 Å². The molecule has 0 radical (unpaired) electrons. The van der Waals surface area contributed by atoms with E-state index in [0.717, 1.165) is 5.69 Å². The standard InChI is InChI=1S/C17H14ClNO2/c1-12-16(20)19(15-5-3-2-4-6-15)11-17(12,21)13-7-9-14(18)10-8-13/h2-10,21H,1,11H2. The van der Waals surface area contributed by atoms with Crippen molar-refractivity contribution in [2.75, 3.05) is 11.4 Å². The van der Waals surface area contributed by atoms with Crippen LogP contribution in [0.5, 0.6) is 0 Å². The van der Waals surface area contributed by atoms with E-state index in [2.05, 4.69) is 6.58 Å². The van der Waals surface area contributed by atoms with Crippen LogP contribution in [0, 0.1) is 0 Å². The number of amides is 1. The van der Waals surface area contributed by atoms with Crippen molar-refractivity contribution in [3.8, 4) is 0 Å². The molecule has 106 valence electrons. The van der Waals surface area contributed by atoms with Crippen molar-refractivity contribution in [3.63, 3.8) is 0 Å². The average Bonchev–Trinajstić information content (AvgIpc) is 2.74. The third-order valence-electron chi connectivity index (χ3n) is 3.78. The molecule has 1 fully saturated rings. The minimum absolute atomic E-state index is 0.149. The summed E-state index contributed by atoms with van der Waals surface area (Å²) in [7, 11) is 0. The third-order valence-corrected chi connectivity index (χ3v) is 4.03. The number of rotatable bonds is 2. The van der Waals surface area contributed by atoms with Gasteiger partial charge in [-0.25, -0.2) is 0 Å². The summed E-state index contributed by atoms with van der Waals surface area (Å²) in [4.78, 5) is 13.9. The summed E-state index contributed by atoms with van der Waals surface area (Å²) in [6.07, 6.45) is 0. The van der Waals surface area contributed by atoms with E-state index in [1.54, 1.807) is 24.3 Å². The number of carbonyl (C=O) groups excluding carboxylic acids is 1. The first kappa shape index (κ1) is 13.9. The number of hydrogen-bond donors (Lipinski definition) is 1. The van der Waals surface area contributed by atoms with E-state index in [-0.39, 0.29) is 18.0 Å². The van der Waals surface area contributed by atoms with Crippen LogP contribution >= 0.6 is 11.6 Å². The van der Waals surface area contributed by atoms with Gasteiger partial charge in [0, 0.05) is 16.3 Å². The van der Waals surface area contributed by atoms with E-state index in [1.165, 1.54) is 4.90 Å². The molecule has 1 amide bonds. The average molecular weight is 300 g/mol. The van der Waals surface area contributed by atoms with E-state index in [9.17, 15) is 9.90 Å². The number of β-amino-alcohol motifs (C(OH)–C–C–N with tert-alkyl or cyclic N) is 1. The molecule has 1 aliphatic heterocycles. The van der Waals surface area contributed by atoms with E-state index >= 15 is 0 Å². The van der Waals surface area contributed by atoms with Gasteiger partial charge in [0.15, 0.2) is 0 Å². The Morgan fingerprint density at radius 1 is 1.10 bits per heavy atom. The first-order valence-corrected chi connectivity index (χ1v) is 6.95. The highest BCUT2D eigenvalue weighted by Gasteiger charge is 2.47. The maximum atomic E-state index is 12.4. The lowest BCUT2D eigenvalue weighted by Gasteiger charge is -2.24. The quantitative estimate of drug-likeness (QED) is 0.866. The predicted octanol–water partition coefficient (Wildman–Crippen LogP) is 3.13. The fourth-order valence-corrected chi connectivity index (χ4v) is 2.67.